The highest BCUT2D eigenvalue weighted by molar-refractivity contribution is 9.10. The number of benzene rings is 1. The van der Waals surface area contributed by atoms with Gasteiger partial charge in [0, 0.05) is 14.9 Å². The monoisotopic (exact) mass is 406 g/mol. The molecule has 0 aliphatic heterocycles. The molecule has 126 valence electrons. The summed E-state index contributed by atoms with van der Waals surface area (Å²) in [6, 6.07) is 9.01. The number of Topliss-reactive ketones (excluding diaryl/α,β-unsaturated/α-hetero) is 1. The molecule has 2 aromatic rings. The highest BCUT2D eigenvalue weighted by Crippen LogP contribution is 2.29. The maximum absolute atomic E-state index is 12.4. The van der Waals surface area contributed by atoms with Crippen molar-refractivity contribution in [1.29, 1.82) is 0 Å². The Bertz CT molecular complexity index is 725. The Morgan fingerprint density at radius 2 is 1.83 bits per heavy atom. The molecule has 0 N–H and O–H groups in total. The van der Waals surface area contributed by atoms with Gasteiger partial charge in [-0.3, -0.25) is 4.79 Å². The fourth-order valence-corrected chi connectivity index (χ4v) is 4.29. The molecular weight excluding hydrogens is 388 g/mol. The van der Waals surface area contributed by atoms with E-state index in [-0.39, 0.29) is 5.78 Å². The van der Waals surface area contributed by atoms with Gasteiger partial charge in [0.15, 0.2) is 6.10 Å². The van der Waals surface area contributed by atoms with Crippen LogP contribution in [-0.4, -0.2) is 17.9 Å². The van der Waals surface area contributed by atoms with Crippen molar-refractivity contribution in [2.45, 2.75) is 45.1 Å². The van der Waals surface area contributed by atoms with Crippen LogP contribution in [0.3, 0.4) is 0 Å². The number of rotatable bonds is 4. The third-order valence-electron chi connectivity index (χ3n) is 4.23. The van der Waals surface area contributed by atoms with Gasteiger partial charge in [0.1, 0.15) is 4.88 Å². The fraction of sp³-hybridized carbons (Fsp3) is 0.368. The first kappa shape index (κ1) is 17.4. The molecule has 24 heavy (non-hydrogen) atoms. The Morgan fingerprint density at radius 1 is 1.12 bits per heavy atom. The zero-order chi connectivity index (χ0) is 17.1. The van der Waals surface area contributed by atoms with Crippen molar-refractivity contribution in [3.63, 3.8) is 0 Å². The minimum atomic E-state index is -0.791. The van der Waals surface area contributed by atoms with Gasteiger partial charge in [0.2, 0.25) is 5.78 Å². The largest absolute Gasteiger partial charge is 0.450 e. The molecule has 0 unspecified atom stereocenters. The first-order valence-corrected chi connectivity index (χ1v) is 9.78. The van der Waals surface area contributed by atoms with Crippen LogP contribution in [0.1, 0.15) is 56.7 Å². The van der Waals surface area contributed by atoms with E-state index in [1.54, 1.807) is 31.2 Å². The van der Waals surface area contributed by atoms with Gasteiger partial charge in [0.05, 0.1) is 0 Å². The van der Waals surface area contributed by atoms with Gasteiger partial charge in [-0.1, -0.05) is 34.5 Å². The highest BCUT2D eigenvalue weighted by atomic mass is 79.9. The highest BCUT2D eigenvalue weighted by Gasteiger charge is 2.23. The summed E-state index contributed by atoms with van der Waals surface area (Å²) in [5, 5.41) is 0. The summed E-state index contributed by atoms with van der Waals surface area (Å²) in [6.45, 7) is 1.63. The van der Waals surface area contributed by atoms with Gasteiger partial charge in [0.25, 0.3) is 0 Å². The first-order chi connectivity index (χ1) is 11.5. The quantitative estimate of drug-likeness (QED) is 0.397. The van der Waals surface area contributed by atoms with Crippen LogP contribution in [-0.2, 0) is 17.6 Å². The van der Waals surface area contributed by atoms with E-state index in [0.717, 1.165) is 17.3 Å². The van der Waals surface area contributed by atoms with Crippen molar-refractivity contribution in [2.24, 2.45) is 0 Å². The molecule has 1 aromatic carbocycles. The summed E-state index contributed by atoms with van der Waals surface area (Å²) < 4.78 is 6.31. The summed E-state index contributed by atoms with van der Waals surface area (Å²) in [5.41, 5.74) is 1.82. The predicted molar refractivity (Wildman–Crippen MR) is 98.9 cm³/mol. The molecule has 5 heteroatoms. The van der Waals surface area contributed by atoms with Gasteiger partial charge in [-0.2, -0.15) is 0 Å². The van der Waals surface area contributed by atoms with E-state index in [1.807, 2.05) is 6.07 Å². The van der Waals surface area contributed by atoms with E-state index in [1.165, 1.54) is 41.0 Å². The van der Waals surface area contributed by atoms with E-state index in [9.17, 15) is 9.59 Å². The number of hydrogen-bond acceptors (Lipinski definition) is 4. The summed E-state index contributed by atoms with van der Waals surface area (Å²) in [5.74, 6) is -0.583. The maximum atomic E-state index is 12.4. The number of esters is 1. The van der Waals surface area contributed by atoms with Gasteiger partial charge in [-0.15, -0.1) is 11.3 Å². The molecule has 0 fully saturated rings. The maximum Gasteiger partial charge on any atom is 0.349 e. The van der Waals surface area contributed by atoms with Crippen LogP contribution in [0.25, 0.3) is 0 Å². The molecule has 1 aliphatic carbocycles. The lowest BCUT2D eigenvalue weighted by Crippen LogP contribution is -2.24. The molecule has 1 atom stereocenters. The number of thiophene rings is 1. The van der Waals surface area contributed by atoms with Crippen molar-refractivity contribution < 1.29 is 14.3 Å². The standard InChI is InChI=1S/C19H19BrO3S/c1-12(18(21)13-7-9-15(20)10-8-13)23-19(22)17-11-14-5-3-2-4-6-16(14)24-17/h7-12H,2-6H2,1H3/t12-/m1/s1. The Kier molecular flexibility index (Phi) is 5.51. The molecule has 3 nitrogen and oxygen atoms in total. The smallest absolute Gasteiger partial charge is 0.349 e. The average molecular weight is 407 g/mol. The third kappa shape index (κ3) is 3.95. The molecule has 0 amide bonds. The summed E-state index contributed by atoms with van der Waals surface area (Å²) in [7, 11) is 0. The Labute approximate surface area is 154 Å². The van der Waals surface area contributed by atoms with Gasteiger partial charge in [-0.25, -0.2) is 4.79 Å². The number of carbonyl (C=O) groups is 2. The lowest BCUT2D eigenvalue weighted by atomic mass is 10.1. The van der Waals surface area contributed by atoms with Crippen LogP contribution in [0.4, 0.5) is 0 Å². The zero-order valence-corrected chi connectivity index (χ0v) is 15.9. The number of halogens is 1. The number of ether oxygens (including phenoxy) is 1. The minimum Gasteiger partial charge on any atom is -0.450 e. The number of ketones is 1. The Morgan fingerprint density at radius 3 is 2.58 bits per heavy atom. The van der Waals surface area contributed by atoms with Crippen molar-refractivity contribution in [2.75, 3.05) is 0 Å². The Hall–Kier alpha value is -1.46. The van der Waals surface area contributed by atoms with Crippen LogP contribution in [0.15, 0.2) is 34.8 Å². The lowest BCUT2D eigenvalue weighted by Gasteiger charge is -2.11. The average Bonchev–Trinajstić information content (AvgIpc) is 2.86. The molecular formula is C19H19BrO3S. The topological polar surface area (TPSA) is 43.4 Å². The molecule has 1 heterocycles. The van der Waals surface area contributed by atoms with Crippen LogP contribution < -0.4 is 0 Å². The van der Waals surface area contributed by atoms with Crippen molar-refractivity contribution in [3.8, 4) is 0 Å². The molecule has 1 aromatic heterocycles. The molecule has 1 aliphatic rings. The molecule has 0 bridgehead atoms. The number of carbonyl (C=O) groups excluding carboxylic acids is 2. The SMILES string of the molecule is C[C@@H](OC(=O)c1cc2c(s1)CCCCC2)C(=O)c1ccc(Br)cc1. The van der Waals surface area contributed by atoms with Crippen LogP contribution in [0, 0.1) is 0 Å². The molecule has 0 saturated carbocycles. The van der Waals surface area contributed by atoms with Crippen molar-refractivity contribution in [3.05, 3.63) is 55.7 Å². The second-order valence-electron chi connectivity index (χ2n) is 6.04. The van der Waals surface area contributed by atoms with E-state index in [2.05, 4.69) is 15.9 Å². The fourth-order valence-electron chi connectivity index (χ4n) is 2.89. The molecule has 0 saturated heterocycles. The van der Waals surface area contributed by atoms with Crippen LogP contribution >= 0.6 is 27.3 Å². The molecule has 3 rings (SSSR count). The number of aryl methyl sites for hydroxylation is 2. The molecule has 0 radical (unpaired) electrons. The van der Waals surface area contributed by atoms with Crippen molar-refractivity contribution in [1.82, 2.24) is 0 Å². The minimum absolute atomic E-state index is 0.186. The van der Waals surface area contributed by atoms with E-state index < -0.39 is 12.1 Å². The van der Waals surface area contributed by atoms with Gasteiger partial charge < -0.3 is 4.74 Å². The predicted octanol–water partition coefficient (Wildman–Crippen LogP) is 5.21. The van der Waals surface area contributed by atoms with E-state index in [0.29, 0.717) is 10.4 Å². The van der Waals surface area contributed by atoms with E-state index in [4.69, 9.17) is 4.74 Å². The normalized spacial score (nSPS) is 15.2. The lowest BCUT2D eigenvalue weighted by molar-refractivity contribution is 0.0323. The number of hydrogen-bond donors (Lipinski definition) is 0. The summed E-state index contributed by atoms with van der Waals surface area (Å²) in [6.07, 6.45) is 4.89. The first-order valence-electron chi connectivity index (χ1n) is 8.17. The number of fused-ring (bicyclic) bond motifs is 1. The van der Waals surface area contributed by atoms with Gasteiger partial charge >= 0.3 is 5.97 Å². The summed E-state index contributed by atoms with van der Waals surface area (Å²) >= 11 is 4.86. The zero-order valence-electron chi connectivity index (χ0n) is 13.5. The van der Waals surface area contributed by atoms with Crippen LogP contribution in [0.5, 0.6) is 0 Å². The second-order valence-corrected chi connectivity index (χ2v) is 8.09. The third-order valence-corrected chi connectivity index (χ3v) is 5.98. The van der Waals surface area contributed by atoms with Crippen LogP contribution in [0.2, 0.25) is 0 Å². The van der Waals surface area contributed by atoms with Gasteiger partial charge in [-0.05, 0) is 56.4 Å². The van der Waals surface area contributed by atoms with E-state index >= 15 is 0 Å². The summed E-state index contributed by atoms with van der Waals surface area (Å²) in [4.78, 5) is 26.7. The Balaban J connectivity index is 1.67. The second kappa shape index (κ2) is 7.62. The van der Waals surface area contributed by atoms with Crippen molar-refractivity contribution >= 4 is 39.0 Å². The molecule has 0 spiro atoms.